The van der Waals surface area contributed by atoms with E-state index in [1.807, 2.05) is 13.8 Å². The molecular weight excluding hydrogens is 376 g/mol. The van der Waals surface area contributed by atoms with Gasteiger partial charge in [0.15, 0.2) is 0 Å². The fraction of sp³-hybridized carbons (Fsp3) is 0.600. The number of esters is 1. The van der Waals surface area contributed by atoms with E-state index in [-0.39, 0.29) is 24.0 Å². The van der Waals surface area contributed by atoms with Crippen molar-refractivity contribution in [3.63, 3.8) is 0 Å². The molecule has 1 aliphatic carbocycles. The molecule has 0 unspecified atom stereocenters. The molecular formula is C20H26N4O3S. The minimum atomic E-state index is -0.365. The molecule has 4 rings (SSSR count). The highest BCUT2D eigenvalue weighted by Gasteiger charge is 2.46. The van der Waals surface area contributed by atoms with E-state index in [1.165, 1.54) is 17.8 Å². The number of fused-ring (bicyclic) bond motifs is 2. The number of thiophene rings is 1. The number of hydrogen-bond acceptors (Lipinski definition) is 7. The highest BCUT2D eigenvalue weighted by Crippen LogP contribution is 2.45. The minimum Gasteiger partial charge on any atom is -0.462 e. The van der Waals surface area contributed by atoms with Gasteiger partial charge in [0.25, 0.3) is 0 Å². The van der Waals surface area contributed by atoms with Crippen LogP contribution in [0, 0.1) is 19.8 Å². The molecule has 2 fully saturated rings. The van der Waals surface area contributed by atoms with Crippen LogP contribution in [0.25, 0.3) is 10.2 Å². The maximum absolute atomic E-state index is 12.4. The predicted molar refractivity (Wildman–Crippen MR) is 109 cm³/mol. The largest absolute Gasteiger partial charge is 0.462 e. The van der Waals surface area contributed by atoms with Crippen molar-refractivity contribution in [2.24, 2.45) is 11.7 Å². The van der Waals surface area contributed by atoms with Crippen molar-refractivity contribution >= 4 is 39.2 Å². The highest BCUT2D eigenvalue weighted by molar-refractivity contribution is 7.20. The number of nitrogens with two attached hydrogens (primary N) is 1. The van der Waals surface area contributed by atoms with Crippen molar-refractivity contribution in [3.05, 3.63) is 16.3 Å². The lowest BCUT2D eigenvalue weighted by molar-refractivity contribution is -0.119. The van der Waals surface area contributed by atoms with Crippen LogP contribution < -0.4 is 10.6 Å². The first kappa shape index (κ1) is 19.1. The normalized spacial score (nSPS) is 24.4. The maximum atomic E-state index is 12.4. The van der Waals surface area contributed by atoms with Gasteiger partial charge in [-0.1, -0.05) is 12.8 Å². The van der Waals surface area contributed by atoms with E-state index < -0.39 is 0 Å². The van der Waals surface area contributed by atoms with Gasteiger partial charge in [0.1, 0.15) is 27.4 Å². The number of nitrogens with zero attached hydrogens (tertiary/aromatic N) is 3. The summed E-state index contributed by atoms with van der Waals surface area (Å²) in [5.74, 6) is 1.18. The van der Waals surface area contributed by atoms with Crippen molar-refractivity contribution in [1.29, 1.82) is 0 Å². The molecule has 150 valence electrons. The molecule has 0 aromatic carbocycles. The summed E-state index contributed by atoms with van der Waals surface area (Å²) in [6, 6.07) is -0.106. The Morgan fingerprint density at radius 1 is 1.25 bits per heavy atom. The third kappa shape index (κ3) is 3.03. The topological polar surface area (TPSA) is 98.4 Å². The number of aryl methyl sites for hydroxylation is 2. The fourth-order valence-electron chi connectivity index (χ4n) is 4.82. The number of ether oxygens (including phenoxy) is 1. The molecule has 0 spiro atoms. The van der Waals surface area contributed by atoms with Gasteiger partial charge in [-0.3, -0.25) is 4.79 Å². The van der Waals surface area contributed by atoms with Gasteiger partial charge >= 0.3 is 5.97 Å². The van der Waals surface area contributed by atoms with Crippen molar-refractivity contribution < 1.29 is 14.3 Å². The third-order valence-electron chi connectivity index (χ3n) is 6.00. The first-order valence-corrected chi connectivity index (χ1v) is 10.8. The minimum absolute atomic E-state index is 0.258. The molecule has 2 aliphatic rings. The van der Waals surface area contributed by atoms with E-state index in [2.05, 4.69) is 9.88 Å². The molecule has 3 atom stereocenters. The summed E-state index contributed by atoms with van der Waals surface area (Å²) in [7, 11) is 0. The summed E-state index contributed by atoms with van der Waals surface area (Å²) in [6.45, 7) is 5.86. The number of primary amides is 1. The molecule has 28 heavy (non-hydrogen) atoms. The molecule has 0 bridgehead atoms. The number of carbonyl (C=O) groups excluding carboxylic acids is 2. The summed E-state index contributed by atoms with van der Waals surface area (Å²) in [5.41, 5.74) is 6.61. The van der Waals surface area contributed by atoms with Crippen LogP contribution in [0.3, 0.4) is 0 Å². The Hall–Kier alpha value is -2.22. The van der Waals surface area contributed by atoms with Crippen LogP contribution in [0.2, 0.25) is 0 Å². The lowest BCUT2D eigenvalue weighted by Crippen LogP contribution is -2.45. The van der Waals surface area contributed by atoms with Crippen LogP contribution >= 0.6 is 11.3 Å². The Kier molecular flexibility index (Phi) is 4.99. The molecule has 1 amide bonds. The second-order valence-electron chi connectivity index (χ2n) is 7.72. The number of aromatic nitrogens is 2. The van der Waals surface area contributed by atoms with Gasteiger partial charge in [0.05, 0.1) is 12.0 Å². The molecule has 0 radical (unpaired) electrons. The van der Waals surface area contributed by atoms with Crippen LogP contribution in [0.1, 0.15) is 60.1 Å². The van der Waals surface area contributed by atoms with Crippen molar-refractivity contribution in [2.45, 2.75) is 65.0 Å². The molecule has 2 aromatic heterocycles. The van der Waals surface area contributed by atoms with Gasteiger partial charge in [-0.25, -0.2) is 14.8 Å². The molecule has 2 aromatic rings. The molecule has 3 heterocycles. The average molecular weight is 403 g/mol. The summed E-state index contributed by atoms with van der Waals surface area (Å²) < 4.78 is 5.21. The molecule has 1 aliphatic heterocycles. The SMILES string of the molecule is CCOC(=O)c1sc2nc(C)nc(N3[C@@H]4CCCC[C@@H]4C[C@H]3C(N)=O)c2c1C. The van der Waals surface area contributed by atoms with E-state index in [4.69, 9.17) is 15.5 Å². The van der Waals surface area contributed by atoms with E-state index >= 15 is 0 Å². The lowest BCUT2D eigenvalue weighted by Gasteiger charge is -2.34. The summed E-state index contributed by atoms with van der Waals surface area (Å²) >= 11 is 1.33. The van der Waals surface area contributed by atoms with Crippen LogP contribution in [0.15, 0.2) is 0 Å². The Labute approximate surface area is 168 Å². The van der Waals surface area contributed by atoms with E-state index in [1.54, 1.807) is 6.92 Å². The summed E-state index contributed by atoms with van der Waals surface area (Å²) in [4.78, 5) is 37.5. The van der Waals surface area contributed by atoms with Crippen LogP contribution in [0.4, 0.5) is 5.82 Å². The van der Waals surface area contributed by atoms with Gasteiger partial charge in [0, 0.05) is 6.04 Å². The molecule has 8 heteroatoms. The number of rotatable bonds is 4. The van der Waals surface area contributed by atoms with E-state index in [0.717, 1.165) is 47.3 Å². The number of hydrogen-bond donors (Lipinski definition) is 1. The Morgan fingerprint density at radius 3 is 2.71 bits per heavy atom. The molecule has 1 saturated carbocycles. The zero-order valence-corrected chi connectivity index (χ0v) is 17.3. The zero-order chi connectivity index (χ0) is 20.0. The lowest BCUT2D eigenvalue weighted by atomic mass is 9.84. The first-order valence-electron chi connectivity index (χ1n) is 9.94. The fourth-order valence-corrected chi connectivity index (χ4v) is 5.93. The Morgan fingerprint density at radius 2 is 2.00 bits per heavy atom. The third-order valence-corrected chi connectivity index (χ3v) is 7.17. The van der Waals surface area contributed by atoms with Gasteiger partial charge < -0.3 is 15.4 Å². The summed E-state index contributed by atoms with van der Waals surface area (Å²) in [5, 5.41) is 0.844. The van der Waals surface area contributed by atoms with E-state index in [0.29, 0.717) is 23.2 Å². The number of amides is 1. The molecule has 1 saturated heterocycles. The second kappa shape index (κ2) is 7.31. The van der Waals surface area contributed by atoms with Crippen LogP contribution in [-0.4, -0.2) is 40.5 Å². The number of carbonyl (C=O) groups is 2. The predicted octanol–water partition coefficient (Wildman–Crippen LogP) is 3.11. The van der Waals surface area contributed by atoms with Gasteiger partial charge in [0.2, 0.25) is 5.91 Å². The van der Waals surface area contributed by atoms with Crippen molar-refractivity contribution in [2.75, 3.05) is 11.5 Å². The quantitative estimate of drug-likeness (QED) is 0.789. The van der Waals surface area contributed by atoms with E-state index in [9.17, 15) is 9.59 Å². The first-order chi connectivity index (χ1) is 13.4. The monoisotopic (exact) mass is 402 g/mol. The number of anilines is 1. The highest BCUT2D eigenvalue weighted by atomic mass is 32.1. The van der Waals surface area contributed by atoms with Crippen LogP contribution in [-0.2, 0) is 9.53 Å². The second-order valence-corrected chi connectivity index (χ2v) is 8.72. The average Bonchev–Trinajstić information content (AvgIpc) is 3.20. The van der Waals surface area contributed by atoms with Gasteiger partial charge in [-0.15, -0.1) is 11.3 Å². The Balaban J connectivity index is 1.89. The Bertz CT molecular complexity index is 941. The smallest absolute Gasteiger partial charge is 0.348 e. The molecule has 2 N–H and O–H groups in total. The van der Waals surface area contributed by atoms with Gasteiger partial charge in [-0.2, -0.15) is 0 Å². The van der Waals surface area contributed by atoms with Crippen LogP contribution in [0.5, 0.6) is 0 Å². The summed E-state index contributed by atoms with van der Waals surface area (Å²) in [6.07, 6.45) is 5.27. The standard InChI is InChI=1S/C20H26N4O3S/c1-4-27-20(26)16-10(2)15-18(22-11(3)23-19(15)28-16)24-13-8-6-5-7-12(13)9-14(24)17(21)25/h12-14H,4-9H2,1-3H3,(H2,21,25)/t12-,13-,14+/m1/s1. The van der Waals surface area contributed by atoms with Crippen molar-refractivity contribution in [3.8, 4) is 0 Å². The zero-order valence-electron chi connectivity index (χ0n) is 16.5. The maximum Gasteiger partial charge on any atom is 0.348 e. The van der Waals surface area contributed by atoms with Gasteiger partial charge in [-0.05, 0) is 51.5 Å². The molecule has 7 nitrogen and oxygen atoms in total. The van der Waals surface area contributed by atoms with Crippen molar-refractivity contribution in [1.82, 2.24) is 9.97 Å².